The molecule has 0 bridgehead atoms. The van der Waals surface area contributed by atoms with E-state index >= 15 is 0 Å². The lowest BCUT2D eigenvalue weighted by molar-refractivity contribution is 0.0715. The molecule has 2 aliphatic rings. The van der Waals surface area contributed by atoms with Crippen LogP contribution in [0.2, 0.25) is 0 Å². The van der Waals surface area contributed by atoms with Gasteiger partial charge in [-0.3, -0.25) is 0 Å². The number of ether oxygens (including phenoxy) is 3. The molecular formula is C16H18O4. The zero-order valence-corrected chi connectivity index (χ0v) is 11.6. The van der Waals surface area contributed by atoms with E-state index < -0.39 is 0 Å². The number of benzene rings is 1. The van der Waals surface area contributed by atoms with Gasteiger partial charge in [-0.1, -0.05) is 26.2 Å². The van der Waals surface area contributed by atoms with E-state index in [-0.39, 0.29) is 12.8 Å². The first-order valence-corrected chi connectivity index (χ1v) is 7.16. The fraction of sp³-hybridized carbons (Fsp3) is 0.438. The SMILES string of the molecule is CCCCCC/C=C1\OC(=O)c2ccc3c(c21)OCO3. The van der Waals surface area contributed by atoms with E-state index in [0.717, 1.165) is 18.4 Å². The van der Waals surface area contributed by atoms with Gasteiger partial charge in [0.05, 0.1) is 11.1 Å². The molecule has 106 valence electrons. The Morgan fingerprint density at radius 1 is 1.20 bits per heavy atom. The summed E-state index contributed by atoms with van der Waals surface area (Å²) in [5.41, 5.74) is 1.31. The molecule has 0 fully saturated rings. The second kappa shape index (κ2) is 5.57. The molecule has 0 saturated carbocycles. The number of carbonyl (C=O) groups excluding carboxylic acids is 1. The Morgan fingerprint density at radius 3 is 2.95 bits per heavy atom. The summed E-state index contributed by atoms with van der Waals surface area (Å²) in [4.78, 5) is 11.9. The van der Waals surface area contributed by atoms with Gasteiger partial charge in [0, 0.05) is 0 Å². The van der Waals surface area contributed by atoms with E-state index in [9.17, 15) is 4.79 Å². The molecule has 4 nitrogen and oxygen atoms in total. The minimum Gasteiger partial charge on any atom is -0.454 e. The third-order valence-electron chi connectivity index (χ3n) is 3.60. The summed E-state index contributed by atoms with van der Waals surface area (Å²) in [7, 11) is 0. The van der Waals surface area contributed by atoms with Crippen LogP contribution in [0.5, 0.6) is 11.5 Å². The van der Waals surface area contributed by atoms with E-state index in [1.165, 1.54) is 19.3 Å². The Morgan fingerprint density at radius 2 is 2.10 bits per heavy atom. The summed E-state index contributed by atoms with van der Waals surface area (Å²) in [6.07, 6.45) is 7.66. The molecule has 1 aromatic carbocycles. The molecule has 2 aliphatic heterocycles. The van der Waals surface area contributed by atoms with Crippen LogP contribution in [0.4, 0.5) is 0 Å². The molecule has 0 N–H and O–H groups in total. The molecule has 0 radical (unpaired) electrons. The Bertz CT molecular complexity index is 560. The standard InChI is InChI=1S/C16H18O4/c1-2-3-4-5-6-7-12-14-11(16(17)20-12)8-9-13-15(14)19-10-18-13/h7-9H,2-6,10H2,1H3/b12-7-. The number of fused-ring (bicyclic) bond motifs is 3. The van der Waals surface area contributed by atoms with Gasteiger partial charge in [0.1, 0.15) is 5.76 Å². The number of unbranched alkanes of at least 4 members (excludes halogenated alkanes) is 4. The predicted molar refractivity (Wildman–Crippen MR) is 74.7 cm³/mol. The summed E-state index contributed by atoms with van der Waals surface area (Å²) >= 11 is 0. The topological polar surface area (TPSA) is 44.8 Å². The maximum atomic E-state index is 11.9. The number of rotatable bonds is 5. The maximum Gasteiger partial charge on any atom is 0.344 e. The number of esters is 1. The van der Waals surface area contributed by atoms with Crippen LogP contribution in [0.15, 0.2) is 18.2 Å². The molecule has 0 atom stereocenters. The first-order valence-electron chi connectivity index (χ1n) is 7.16. The van der Waals surface area contributed by atoms with Crippen molar-refractivity contribution in [2.75, 3.05) is 6.79 Å². The molecule has 0 unspecified atom stereocenters. The molecule has 0 aliphatic carbocycles. The zero-order chi connectivity index (χ0) is 13.9. The summed E-state index contributed by atoms with van der Waals surface area (Å²) < 4.78 is 16.2. The highest BCUT2D eigenvalue weighted by atomic mass is 16.7. The summed E-state index contributed by atoms with van der Waals surface area (Å²) in [6, 6.07) is 3.50. The number of hydrogen-bond acceptors (Lipinski definition) is 4. The van der Waals surface area contributed by atoms with Crippen LogP contribution in [-0.2, 0) is 4.74 Å². The lowest BCUT2D eigenvalue weighted by Crippen LogP contribution is -1.94. The van der Waals surface area contributed by atoms with Gasteiger partial charge in [0.2, 0.25) is 6.79 Å². The van der Waals surface area contributed by atoms with E-state index in [2.05, 4.69) is 6.92 Å². The number of carbonyl (C=O) groups is 1. The van der Waals surface area contributed by atoms with Crippen LogP contribution >= 0.6 is 0 Å². The highest BCUT2D eigenvalue weighted by Crippen LogP contribution is 2.45. The Kier molecular flexibility index (Phi) is 3.63. The molecule has 0 spiro atoms. The Balaban J connectivity index is 1.82. The molecule has 1 aromatic rings. The van der Waals surface area contributed by atoms with Gasteiger partial charge in [0.25, 0.3) is 0 Å². The summed E-state index contributed by atoms with van der Waals surface area (Å²) in [5.74, 6) is 1.62. The first kappa shape index (κ1) is 13.0. The molecule has 0 aromatic heterocycles. The maximum absolute atomic E-state index is 11.9. The van der Waals surface area contributed by atoms with Crippen LogP contribution in [0.25, 0.3) is 5.76 Å². The van der Waals surface area contributed by atoms with E-state index in [1.54, 1.807) is 12.1 Å². The van der Waals surface area contributed by atoms with Crippen LogP contribution in [0.3, 0.4) is 0 Å². The van der Waals surface area contributed by atoms with Crippen molar-refractivity contribution in [1.82, 2.24) is 0 Å². The van der Waals surface area contributed by atoms with Crippen molar-refractivity contribution >= 4 is 11.7 Å². The monoisotopic (exact) mass is 274 g/mol. The predicted octanol–water partition coefficient (Wildman–Crippen LogP) is 3.90. The molecule has 0 amide bonds. The summed E-state index contributed by atoms with van der Waals surface area (Å²) in [5, 5.41) is 0. The van der Waals surface area contributed by atoms with Gasteiger partial charge in [-0.05, 0) is 31.1 Å². The molecule has 3 rings (SSSR count). The Hall–Kier alpha value is -1.97. The van der Waals surface area contributed by atoms with Crippen LogP contribution in [-0.4, -0.2) is 12.8 Å². The Labute approximate surface area is 118 Å². The van der Waals surface area contributed by atoms with Gasteiger partial charge in [-0.15, -0.1) is 0 Å². The van der Waals surface area contributed by atoms with Crippen LogP contribution in [0.1, 0.15) is 54.9 Å². The molecule has 20 heavy (non-hydrogen) atoms. The third-order valence-corrected chi connectivity index (χ3v) is 3.60. The molecular weight excluding hydrogens is 256 g/mol. The van der Waals surface area contributed by atoms with E-state index in [0.29, 0.717) is 22.8 Å². The number of cyclic esters (lactones) is 1. The van der Waals surface area contributed by atoms with Crippen molar-refractivity contribution in [3.05, 3.63) is 29.3 Å². The van der Waals surface area contributed by atoms with Crippen molar-refractivity contribution in [1.29, 1.82) is 0 Å². The van der Waals surface area contributed by atoms with Crippen LogP contribution < -0.4 is 9.47 Å². The lowest BCUT2D eigenvalue weighted by Gasteiger charge is -2.03. The van der Waals surface area contributed by atoms with Crippen molar-refractivity contribution in [2.24, 2.45) is 0 Å². The lowest BCUT2D eigenvalue weighted by atomic mass is 10.0. The van der Waals surface area contributed by atoms with Crippen molar-refractivity contribution in [3.8, 4) is 11.5 Å². The van der Waals surface area contributed by atoms with Gasteiger partial charge < -0.3 is 14.2 Å². The quantitative estimate of drug-likeness (QED) is 0.603. The fourth-order valence-corrected chi connectivity index (χ4v) is 2.54. The number of hydrogen-bond donors (Lipinski definition) is 0. The minimum absolute atomic E-state index is 0.198. The first-order chi connectivity index (χ1) is 9.81. The second-order valence-corrected chi connectivity index (χ2v) is 5.03. The third kappa shape index (κ3) is 2.26. The normalized spacial score (nSPS) is 17.4. The van der Waals surface area contributed by atoms with Crippen LogP contribution in [0, 0.1) is 0 Å². The molecule has 4 heteroatoms. The smallest absolute Gasteiger partial charge is 0.344 e. The zero-order valence-electron chi connectivity index (χ0n) is 11.6. The molecule has 0 saturated heterocycles. The fourth-order valence-electron chi connectivity index (χ4n) is 2.54. The van der Waals surface area contributed by atoms with E-state index in [4.69, 9.17) is 14.2 Å². The highest BCUT2D eigenvalue weighted by molar-refractivity contribution is 6.04. The second-order valence-electron chi connectivity index (χ2n) is 5.03. The highest BCUT2D eigenvalue weighted by Gasteiger charge is 2.33. The minimum atomic E-state index is -0.307. The average Bonchev–Trinajstić information content (AvgIpc) is 3.03. The van der Waals surface area contributed by atoms with Crippen molar-refractivity contribution < 1.29 is 19.0 Å². The largest absolute Gasteiger partial charge is 0.454 e. The van der Waals surface area contributed by atoms with Gasteiger partial charge in [-0.2, -0.15) is 0 Å². The van der Waals surface area contributed by atoms with Gasteiger partial charge >= 0.3 is 5.97 Å². The summed E-state index contributed by atoms with van der Waals surface area (Å²) in [6.45, 7) is 2.39. The van der Waals surface area contributed by atoms with E-state index in [1.807, 2.05) is 6.08 Å². The number of allylic oxidation sites excluding steroid dienone is 1. The van der Waals surface area contributed by atoms with Crippen molar-refractivity contribution in [3.63, 3.8) is 0 Å². The van der Waals surface area contributed by atoms with Crippen molar-refractivity contribution in [2.45, 2.75) is 39.0 Å². The van der Waals surface area contributed by atoms with Gasteiger partial charge in [-0.25, -0.2) is 4.79 Å². The average molecular weight is 274 g/mol. The van der Waals surface area contributed by atoms with Gasteiger partial charge in [0.15, 0.2) is 11.5 Å². The molecule has 2 heterocycles.